The lowest BCUT2D eigenvalue weighted by Crippen LogP contribution is -2.51. The van der Waals surface area contributed by atoms with Gasteiger partial charge in [0, 0.05) is 11.4 Å². The van der Waals surface area contributed by atoms with Crippen molar-refractivity contribution in [1.82, 2.24) is 9.97 Å². The lowest BCUT2D eigenvalue weighted by atomic mass is 9.80. The summed E-state index contributed by atoms with van der Waals surface area (Å²) in [7, 11) is 0. The SMILES string of the molecule is Cc1cc(C)nc(O[C@@H](C(=O)O)C(OCc2ccccc2)(c2ccc(F)cc2)c2ccc(F)cc2)n1. The van der Waals surface area contributed by atoms with Gasteiger partial charge in [-0.15, -0.1) is 0 Å². The van der Waals surface area contributed by atoms with E-state index >= 15 is 0 Å². The van der Waals surface area contributed by atoms with Crippen LogP contribution in [0.25, 0.3) is 0 Å². The van der Waals surface area contributed by atoms with Crippen molar-refractivity contribution >= 4 is 5.97 Å². The monoisotopic (exact) mass is 490 g/mol. The van der Waals surface area contributed by atoms with Crippen LogP contribution in [0.1, 0.15) is 28.1 Å². The van der Waals surface area contributed by atoms with Crippen LogP contribution in [0.2, 0.25) is 0 Å². The summed E-state index contributed by atoms with van der Waals surface area (Å²) in [5, 5.41) is 10.4. The molecular weight excluding hydrogens is 466 g/mol. The van der Waals surface area contributed by atoms with E-state index in [1.165, 1.54) is 48.5 Å². The molecular formula is C28H24F2N2O4. The normalized spacial score (nSPS) is 12.2. The Morgan fingerprint density at radius 2 is 1.36 bits per heavy atom. The first-order valence-corrected chi connectivity index (χ1v) is 11.2. The van der Waals surface area contributed by atoms with Crippen LogP contribution in [0.15, 0.2) is 84.9 Å². The number of halogens is 2. The second-order valence-electron chi connectivity index (χ2n) is 8.29. The van der Waals surface area contributed by atoms with Crippen molar-refractivity contribution in [3.05, 3.63) is 125 Å². The molecule has 0 saturated heterocycles. The van der Waals surface area contributed by atoms with Crippen LogP contribution in [0, 0.1) is 25.5 Å². The van der Waals surface area contributed by atoms with Gasteiger partial charge in [-0.3, -0.25) is 0 Å². The molecule has 0 spiro atoms. The lowest BCUT2D eigenvalue weighted by molar-refractivity contribution is -0.166. The molecule has 6 nitrogen and oxygen atoms in total. The van der Waals surface area contributed by atoms with Gasteiger partial charge in [0.05, 0.1) is 6.61 Å². The van der Waals surface area contributed by atoms with E-state index in [4.69, 9.17) is 9.47 Å². The molecule has 4 rings (SSSR count). The van der Waals surface area contributed by atoms with Crippen LogP contribution in [-0.4, -0.2) is 27.1 Å². The van der Waals surface area contributed by atoms with E-state index in [2.05, 4.69) is 9.97 Å². The molecule has 0 radical (unpaired) electrons. The number of carboxylic acids is 1. The summed E-state index contributed by atoms with van der Waals surface area (Å²) in [5.41, 5.74) is 0.690. The third-order valence-corrected chi connectivity index (χ3v) is 5.63. The zero-order valence-corrected chi connectivity index (χ0v) is 19.7. The van der Waals surface area contributed by atoms with Gasteiger partial charge in [-0.25, -0.2) is 23.5 Å². The summed E-state index contributed by atoms with van der Waals surface area (Å²) in [6, 6.07) is 21.2. The van der Waals surface area contributed by atoms with Gasteiger partial charge in [-0.05, 0) is 60.9 Å². The van der Waals surface area contributed by atoms with E-state index in [0.717, 1.165) is 5.56 Å². The average Bonchev–Trinajstić information content (AvgIpc) is 2.85. The van der Waals surface area contributed by atoms with E-state index in [0.29, 0.717) is 22.5 Å². The Labute approximate surface area is 207 Å². The Morgan fingerprint density at radius 3 is 1.83 bits per heavy atom. The summed E-state index contributed by atoms with van der Waals surface area (Å²) in [6.45, 7) is 3.45. The minimum absolute atomic E-state index is 0.0174. The second kappa shape index (κ2) is 10.6. The van der Waals surface area contributed by atoms with Crippen molar-refractivity contribution in [3.8, 4) is 6.01 Å². The Hall–Kier alpha value is -4.17. The maximum Gasteiger partial charge on any atom is 0.348 e. The van der Waals surface area contributed by atoms with Crippen LogP contribution in [0.4, 0.5) is 8.78 Å². The van der Waals surface area contributed by atoms with Crippen LogP contribution in [0.5, 0.6) is 6.01 Å². The molecule has 1 atom stereocenters. The molecule has 1 N–H and O–H groups in total. The minimum Gasteiger partial charge on any atom is -0.478 e. The van der Waals surface area contributed by atoms with E-state index in [9.17, 15) is 18.7 Å². The number of carboxylic acid groups (broad SMARTS) is 1. The Bertz CT molecular complexity index is 1260. The molecule has 0 aliphatic rings. The third kappa shape index (κ3) is 5.39. The van der Waals surface area contributed by atoms with E-state index < -0.39 is 29.3 Å². The van der Waals surface area contributed by atoms with Crippen LogP contribution in [-0.2, 0) is 21.7 Å². The molecule has 0 amide bonds. The first kappa shape index (κ1) is 24.9. The number of aryl methyl sites for hydroxylation is 2. The van der Waals surface area contributed by atoms with Gasteiger partial charge < -0.3 is 14.6 Å². The summed E-state index contributed by atoms with van der Waals surface area (Å²) < 4.78 is 40.2. The zero-order chi connectivity index (χ0) is 25.7. The highest BCUT2D eigenvalue weighted by Crippen LogP contribution is 2.40. The van der Waals surface area contributed by atoms with Gasteiger partial charge in [-0.2, -0.15) is 0 Å². The van der Waals surface area contributed by atoms with Gasteiger partial charge in [0.1, 0.15) is 11.6 Å². The van der Waals surface area contributed by atoms with Crippen LogP contribution in [0.3, 0.4) is 0 Å². The van der Waals surface area contributed by atoms with Gasteiger partial charge in [-0.1, -0.05) is 54.6 Å². The fraction of sp³-hybridized carbons (Fsp3) is 0.179. The molecule has 1 heterocycles. The second-order valence-corrected chi connectivity index (χ2v) is 8.29. The largest absolute Gasteiger partial charge is 0.478 e. The predicted molar refractivity (Wildman–Crippen MR) is 128 cm³/mol. The highest BCUT2D eigenvalue weighted by atomic mass is 19.1. The van der Waals surface area contributed by atoms with E-state index in [-0.39, 0.29) is 12.6 Å². The smallest absolute Gasteiger partial charge is 0.348 e. The fourth-order valence-corrected chi connectivity index (χ4v) is 4.04. The molecule has 8 heteroatoms. The highest BCUT2D eigenvalue weighted by Gasteiger charge is 2.50. The number of carbonyl (C=O) groups is 1. The first-order valence-electron chi connectivity index (χ1n) is 11.2. The number of hydrogen-bond donors (Lipinski definition) is 1. The maximum absolute atomic E-state index is 13.9. The van der Waals surface area contributed by atoms with Crippen molar-refractivity contribution in [2.24, 2.45) is 0 Å². The van der Waals surface area contributed by atoms with Crippen molar-refractivity contribution < 1.29 is 28.2 Å². The summed E-state index contributed by atoms with van der Waals surface area (Å²) in [6.07, 6.45) is -1.72. The third-order valence-electron chi connectivity index (χ3n) is 5.63. The van der Waals surface area contributed by atoms with Crippen LogP contribution >= 0.6 is 0 Å². The van der Waals surface area contributed by atoms with Crippen molar-refractivity contribution in [1.29, 1.82) is 0 Å². The molecule has 0 bridgehead atoms. The van der Waals surface area contributed by atoms with Gasteiger partial charge in [0.15, 0.2) is 5.60 Å². The molecule has 4 aromatic rings. The van der Waals surface area contributed by atoms with Crippen LogP contribution < -0.4 is 4.74 Å². The Kier molecular flexibility index (Phi) is 7.36. The molecule has 0 aliphatic carbocycles. The molecule has 0 saturated carbocycles. The predicted octanol–water partition coefficient (Wildman–Crippen LogP) is 5.36. The Balaban J connectivity index is 1.93. The number of hydrogen-bond acceptors (Lipinski definition) is 5. The molecule has 36 heavy (non-hydrogen) atoms. The van der Waals surface area contributed by atoms with E-state index in [1.54, 1.807) is 19.9 Å². The number of aliphatic carboxylic acids is 1. The number of aromatic nitrogens is 2. The molecule has 0 fully saturated rings. The number of ether oxygens (including phenoxy) is 2. The number of rotatable bonds is 9. The maximum atomic E-state index is 13.9. The topological polar surface area (TPSA) is 81.5 Å². The molecule has 0 unspecified atom stereocenters. The van der Waals surface area contributed by atoms with Crippen molar-refractivity contribution in [2.45, 2.75) is 32.2 Å². The van der Waals surface area contributed by atoms with Gasteiger partial charge >= 0.3 is 12.0 Å². The van der Waals surface area contributed by atoms with E-state index in [1.807, 2.05) is 30.3 Å². The fourth-order valence-electron chi connectivity index (χ4n) is 4.04. The lowest BCUT2D eigenvalue weighted by Gasteiger charge is -2.39. The molecule has 1 aromatic heterocycles. The zero-order valence-electron chi connectivity index (χ0n) is 19.7. The first-order chi connectivity index (χ1) is 17.3. The number of nitrogens with zero attached hydrogens (tertiary/aromatic N) is 2. The summed E-state index contributed by atoms with van der Waals surface area (Å²) in [4.78, 5) is 21.3. The van der Waals surface area contributed by atoms with Crippen molar-refractivity contribution in [3.63, 3.8) is 0 Å². The Morgan fingerprint density at radius 1 is 0.861 bits per heavy atom. The summed E-state index contributed by atoms with van der Waals surface area (Å²) >= 11 is 0. The minimum atomic E-state index is -1.83. The molecule has 184 valence electrons. The average molecular weight is 491 g/mol. The quantitative estimate of drug-likeness (QED) is 0.340. The number of benzene rings is 3. The molecule has 3 aromatic carbocycles. The highest BCUT2D eigenvalue weighted by molar-refractivity contribution is 5.76. The van der Waals surface area contributed by atoms with Crippen molar-refractivity contribution in [2.75, 3.05) is 0 Å². The van der Waals surface area contributed by atoms with Gasteiger partial charge in [0.25, 0.3) is 0 Å². The van der Waals surface area contributed by atoms with Gasteiger partial charge in [0.2, 0.25) is 6.10 Å². The summed E-state index contributed by atoms with van der Waals surface area (Å²) in [5.74, 6) is -2.40. The standard InChI is InChI=1S/C28H24F2N2O4/c1-18-16-19(2)32-27(31-18)36-25(26(33)34)28(21-8-12-23(29)13-9-21,22-10-14-24(30)15-11-22)35-17-20-6-4-3-5-7-20/h3-16,25H,17H2,1-2H3,(H,33,34)/t25-/m0/s1. The molecule has 0 aliphatic heterocycles.